The molecule has 1 aromatic rings. The number of rotatable bonds is 5. The highest BCUT2D eigenvalue weighted by Crippen LogP contribution is 2.16. The van der Waals surface area contributed by atoms with Crippen molar-refractivity contribution >= 4 is 39.8 Å². The Bertz CT molecular complexity index is 642. The molecule has 0 unspecified atom stereocenters. The van der Waals surface area contributed by atoms with Crippen LogP contribution in [0.1, 0.15) is 18.4 Å². The van der Waals surface area contributed by atoms with Crippen molar-refractivity contribution in [1.82, 2.24) is 4.90 Å². The van der Waals surface area contributed by atoms with E-state index in [-0.39, 0.29) is 18.4 Å². The number of carbonyl (C=O) groups is 3. The Balaban J connectivity index is 1.79. The van der Waals surface area contributed by atoms with Gasteiger partial charge in [0.15, 0.2) is 6.61 Å². The van der Waals surface area contributed by atoms with E-state index in [1.165, 1.54) is 11.0 Å². The number of amides is 2. The summed E-state index contributed by atoms with van der Waals surface area (Å²) in [5, 5.41) is 0. The lowest BCUT2D eigenvalue weighted by Gasteiger charge is -2.30. The maximum absolute atomic E-state index is 12.0. The topological polar surface area (TPSA) is 89.7 Å². The van der Waals surface area contributed by atoms with Crippen LogP contribution < -0.4 is 5.73 Å². The number of carbonyl (C=O) groups excluding carboxylic acids is 3. The number of nitrogens with two attached hydrogens (primary N) is 1. The van der Waals surface area contributed by atoms with E-state index in [1.807, 2.05) is 24.3 Å². The molecular formula is C17H19BrN2O4. The second-order valence-electron chi connectivity index (χ2n) is 5.57. The molecule has 1 aliphatic heterocycles. The fraction of sp³-hybridized carbons (Fsp3) is 0.353. The molecule has 24 heavy (non-hydrogen) atoms. The summed E-state index contributed by atoms with van der Waals surface area (Å²) >= 11 is 3.33. The van der Waals surface area contributed by atoms with Gasteiger partial charge < -0.3 is 15.4 Å². The van der Waals surface area contributed by atoms with Crippen LogP contribution in [0.25, 0.3) is 6.08 Å². The zero-order valence-electron chi connectivity index (χ0n) is 13.1. The minimum atomic E-state index is -0.588. The van der Waals surface area contributed by atoms with Gasteiger partial charge in [0.25, 0.3) is 5.91 Å². The van der Waals surface area contributed by atoms with Crippen LogP contribution in [0.3, 0.4) is 0 Å². The summed E-state index contributed by atoms with van der Waals surface area (Å²) in [6, 6.07) is 7.41. The normalized spacial score (nSPS) is 17.7. The molecule has 2 N–H and O–H groups in total. The smallest absolute Gasteiger partial charge is 0.331 e. The summed E-state index contributed by atoms with van der Waals surface area (Å²) in [6.07, 6.45) is 4.30. The van der Waals surface area contributed by atoms with Gasteiger partial charge in [-0.05, 0) is 36.6 Å². The minimum Gasteiger partial charge on any atom is -0.452 e. The van der Waals surface area contributed by atoms with Gasteiger partial charge in [-0.2, -0.15) is 0 Å². The summed E-state index contributed by atoms with van der Waals surface area (Å²) in [4.78, 5) is 36.5. The fourth-order valence-electron chi connectivity index (χ4n) is 2.45. The van der Waals surface area contributed by atoms with Crippen LogP contribution in [-0.4, -0.2) is 42.4 Å². The van der Waals surface area contributed by atoms with Gasteiger partial charge in [0.05, 0.1) is 5.92 Å². The molecule has 2 rings (SSSR count). The third kappa shape index (κ3) is 5.49. The van der Waals surface area contributed by atoms with Crippen LogP contribution in [-0.2, 0) is 19.1 Å². The monoisotopic (exact) mass is 394 g/mol. The van der Waals surface area contributed by atoms with Crippen LogP contribution >= 0.6 is 15.9 Å². The summed E-state index contributed by atoms with van der Waals surface area (Å²) in [5.74, 6) is -1.63. The molecule has 1 atom stereocenters. The standard InChI is InChI=1S/C17H19BrN2O4/c18-14-6-3-12(4-7-14)5-8-16(22)24-11-15(21)20-9-1-2-13(10-20)17(19)23/h3-8,13H,1-2,9-11H2,(H2,19,23)/b8-5+/t13-/m0/s1. The predicted molar refractivity (Wildman–Crippen MR) is 92.6 cm³/mol. The molecule has 0 saturated carbocycles. The molecule has 7 heteroatoms. The molecule has 0 aliphatic carbocycles. The van der Waals surface area contributed by atoms with Crippen molar-refractivity contribution in [1.29, 1.82) is 0 Å². The van der Waals surface area contributed by atoms with Crippen molar-refractivity contribution in [2.45, 2.75) is 12.8 Å². The molecule has 1 aromatic carbocycles. The van der Waals surface area contributed by atoms with Crippen LogP contribution in [0.5, 0.6) is 0 Å². The molecule has 1 aliphatic rings. The van der Waals surface area contributed by atoms with Gasteiger partial charge in [0.2, 0.25) is 5.91 Å². The lowest BCUT2D eigenvalue weighted by molar-refractivity contribution is -0.149. The quantitative estimate of drug-likeness (QED) is 0.608. The Labute approximate surface area is 148 Å². The second kappa shape index (κ2) is 8.63. The molecule has 1 fully saturated rings. The highest BCUT2D eigenvalue weighted by molar-refractivity contribution is 9.10. The fourth-order valence-corrected chi connectivity index (χ4v) is 2.71. The maximum atomic E-state index is 12.0. The van der Waals surface area contributed by atoms with Crippen molar-refractivity contribution in [3.05, 3.63) is 40.4 Å². The van der Waals surface area contributed by atoms with Gasteiger partial charge in [-0.25, -0.2) is 4.79 Å². The van der Waals surface area contributed by atoms with Gasteiger partial charge in [0.1, 0.15) is 0 Å². The Hall–Kier alpha value is -2.15. The molecule has 0 bridgehead atoms. The van der Waals surface area contributed by atoms with Crippen molar-refractivity contribution in [2.75, 3.05) is 19.7 Å². The molecule has 1 heterocycles. The third-order valence-corrected chi connectivity index (χ3v) is 4.32. The first-order chi connectivity index (χ1) is 11.5. The second-order valence-corrected chi connectivity index (χ2v) is 6.49. The number of halogens is 1. The SMILES string of the molecule is NC(=O)[C@H]1CCCN(C(=O)COC(=O)/C=C/c2ccc(Br)cc2)C1. The molecule has 0 spiro atoms. The lowest BCUT2D eigenvalue weighted by Crippen LogP contribution is -2.45. The zero-order chi connectivity index (χ0) is 17.5. The van der Waals surface area contributed by atoms with Crippen molar-refractivity contribution in [2.24, 2.45) is 11.7 Å². The number of hydrogen-bond acceptors (Lipinski definition) is 4. The molecule has 0 aromatic heterocycles. The third-order valence-electron chi connectivity index (χ3n) is 3.80. The van der Waals surface area contributed by atoms with E-state index in [4.69, 9.17) is 10.5 Å². The van der Waals surface area contributed by atoms with Gasteiger partial charge in [-0.15, -0.1) is 0 Å². The first-order valence-electron chi connectivity index (χ1n) is 7.63. The zero-order valence-corrected chi connectivity index (χ0v) is 14.7. The number of hydrogen-bond donors (Lipinski definition) is 1. The first-order valence-corrected chi connectivity index (χ1v) is 8.42. The van der Waals surface area contributed by atoms with E-state index in [9.17, 15) is 14.4 Å². The van der Waals surface area contributed by atoms with Gasteiger partial charge in [-0.3, -0.25) is 9.59 Å². The van der Waals surface area contributed by atoms with Crippen molar-refractivity contribution in [3.63, 3.8) is 0 Å². The minimum absolute atomic E-state index is 0.292. The van der Waals surface area contributed by atoms with Crippen molar-refractivity contribution in [3.8, 4) is 0 Å². The molecule has 2 amide bonds. The Morgan fingerprint density at radius 3 is 2.67 bits per heavy atom. The molecule has 1 saturated heterocycles. The first kappa shape index (κ1) is 18.2. The van der Waals surface area contributed by atoms with Crippen LogP contribution in [0.15, 0.2) is 34.8 Å². The van der Waals surface area contributed by atoms with Crippen LogP contribution in [0, 0.1) is 5.92 Å². The average Bonchev–Trinajstić information content (AvgIpc) is 2.59. The Morgan fingerprint density at radius 2 is 2.00 bits per heavy atom. The lowest BCUT2D eigenvalue weighted by atomic mass is 9.97. The van der Waals surface area contributed by atoms with E-state index in [0.717, 1.165) is 16.5 Å². The van der Waals surface area contributed by atoms with E-state index in [0.29, 0.717) is 19.5 Å². The Morgan fingerprint density at radius 1 is 1.29 bits per heavy atom. The van der Waals surface area contributed by atoms with Crippen molar-refractivity contribution < 1.29 is 19.1 Å². The summed E-state index contributed by atoms with van der Waals surface area (Å²) in [5.41, 5.74) is 6.13. The number of primary amides is 1. The molecule has 128 valence electrons. The number of ether oxygens (including phenoxy) is 1. The highest BCUT2D eigenvalue weighted by Gasteiger charge is 2.27. The number of benzene rings is 1. The number of piperidine rings is 1. The molecule has 0 radical (unpaired) electrons. The number of esters is 1. The molecule has 6 nitrogen and oxygen atoms in total. The van der Waals surface area contributed by atoms with E-state index in [1.54, 1.807) is 6.08 Å². The van der Waals surface area contributed by atoms with E-state index >= 15 is 0 Å². The summed E-state index contributed by atoms with van der Waals surface area (Å²) < 4.78 is 5.90. The maximum Gasteiger partial charge on any atom is 0.331 e. The van der Waals surface area contributed by atoms with E-state index in [2.05, 4.69) is 15.9 Å². The van der Waals surface area contributed by atoms with Gasteiger partial charge in [0, 0.05) is 23.6 Å². The van der Waals surface area contributed by atoms with Crippen LogP contribution in [0.2, 0.25) is 0 Å². The summed E-state index contributed by atoms with van der Waals surface area (Å²) in [6.45, 7) is 0.504. The number of nitrogens with zero attached hydrogens (tertiary/aromatic N) is 1. The van der Waals surface area contributed by atoms with Gasteiger partial charge in [-0.1, -0.05) is 28.1 Å². The number of likely N-dealkylation sites (tertiary alicyclic amines) is 1. The highest BCUT2D eigenvalue weighted by atomic mass is 79.9. The Kier molecular flexibility index (Phi) is 6.54. The van der Waals surface area contributed by atoms with E-state index < -0.39 is 11.9 Å². The summed E-state index contributed by atoms with van der Waals surface area (Å²) in [7, 11) is 0. The predicted octanol–water partition coefficient (Wildman–Crippen LogP) is 1.73. The molecular weight excluding hydrogens is 376 g/mol. The largest absolute Gasteiger partial charge is 0.452 e. The van der Waals surface area contributed by atoms with Gasteiger partial charge >= 0.3 is 5.97 Å². The average molecular weight is 395 g/mol. The van der Waals surface area contributed by atoms with Crippen LogP contribution in [0.4, 0.5) is 0 Å².